The van der Waals surface area contributed by atoms with E-state index in [1.807, 2.05) is 0 Å². The lowest BCUT2D eigenvalue weighted by Crippen LogP contribution is -2.40. The van der Waals surface area contributed by atoms with Crippen molar-refractivity contribution >= 4 is 11.9 Å². The number of carboxylic acid groups (broad SMARTS) is 1. The molecule has 1 saturated carbocycles. The maximum atomic E-state index is 11.4. The minimum atomic E-state index is -0.950. The van der Waals surface area contributed by atoms with Gasteiger partial charge in [0.05, 0.1) is 0 Å². The standard InChI is InChI=1S/C11H19NO3/c1-2-9(11(14)15)12-10(13)7-6-8-4-3-5-8/h8-9H,2-7H2,1H3,(H,12,13)(H,14,15). The number of aliphatic carboxylic acids is 1. The highest BCUT2D eigenvalue weighted by Gasteiger charge is 2.21. The predicted molar refractivity (Wildman–Crippen MR) is 56.4 cm³/mol. The molecule has 1 aliphatic carbocycles. The molecule has 1 amide bonds. The van der Waals surface area contributed by atoms with Crippen LogP contribution in [0.1, 0.15) is 45.4 Å². The molecule has 0 aromatic heterocycles. The molecule has 86 valence electrons. The Morgan fingerprint density at radius 2 is 2.13 bits per heavy atom. The smallest absolute Gasteiger partial charge is 0.326 e. The summed E-state index contributed by atoms with van der Waals surface area (Å²) in [5, 5.41) is 11.3. The van der Waals surface area contributed by atoms with E-state index < -0.39 is 12.0 Å². The summed E-state index contributed by atoms with van der Waals surface area (Å²) < 4.78 is 0. The third-order valence-electron chi connectivity index (χ3n) is 3.05. The van der Waals surface area contributed by atoms with E-state index in [-0.39, 0.29) is 5.91 Å². The van der Waals surface area contributed by atoms with Crippen molar-refractivity contribution in [2.45, 2.75) is 51.5 Å². The summed E-state index contributed by atoms with van der Waals surface area (Å²) in [6.45, 7) is 1.75. The van der Waals surface area contributed by atoms with E-state index in [1.54, 1.807) is 6.92 Å². The summed E-state index contributed by atoms with van der Waals surface area (Å²) in [7, 11) is 0. The van der Waals surface area contributed by atoms with Crippen molar-refractivity contribution in [1.82, 2.24) is 5.32 Å². The zero-order valence-corrected chi connectivity index (χ0v) is 9.16. The van der Waals surface area contributed by atoms with Crippen molar-refractivity contribution in [2.24, 2.45) is 5.92 Å². The van der Waals surface area contributed by atoms with Gasteiger partial charge in [-0.1, -0.05) is 26.2 Å². The molecule has 1 rings (SSSR count). The van der Waals surface area contributed by atoms with Gasteiger partial charge in [-0.25, -0.2) is 4.79 Å². The minimum absolute atomic E-state index is 0.129. The van der Waals surface area contributed by atoms with Crippen LogP contribution in [0.2, 0.25) is 0 Å². The number of hydrogen-bond donors (Lipinski definition) is 2. The zero-order valence-electron chi connectivity index (χ0n) is 9.16. The Bertz CT molecular complexity index is 236. The molecule has 1 fully saturated rings. The van der Waals surface area contributed by atoms with Gasteiger partial charge in [-0.2, -0.15) is 0 Å². The van der Waals surface area contributed by atoms with Crippen molar-refractivity contribution in [3.8, 4) is 0 Å². The van der Waals surface area contributed by atoms with Gasteiger partial charge in [-0.15, -0.1) is 0 Å². The van der Waals surface area contributed by atoms with E-state index in [1.165, 1.54) is 19.3 Å². The minimum Gasteiger partial charge on any atom is -0.480 e. The Morgan fingerprint density at radius 1 is 1.47 bits per heavy atom. The average Bonchev–Trinajstić information content (AvgIpc) is 2.11. The summed E-state index contributed by atoms with van der Waals surface area (Å²) in [5.41, 5.74) is 0. The van der Waals surface area contributed by atoms with Gasteiger partial charge in [0.2, 0.25) is 5.91 Å². The lowest BCUT2D eigenvalue weighted by atomic mass is 9.82. The van der Waals surface area contributed by atoms with Crippen LogP contribution in [0.25, 0.3) is 0 Å². The molecule has 0 spiro atoms. The van der Waals surface area contributed by atoms with Gasteiger partial charge in [-0.05, 0) is 18.8 Å². The second-order valence-electron chi connectivity index (χ2n) is 4.20. The second kappa shape index (κ2) is 5.73. The Balaban J connectivity index is 2.18. The summed E-state index contributed by atoms with van der Waals surface area (Å²) in [6, 6.07) is -0.723. The zero-order chi connectivity index (χ0) is 11.3. The molecule has 0 saturated heterocycles. The fourth-order valence-electron chi connectivity index (χ4n) is 1.72. The van der Waals surface area contributed by atoms with Crippen LogP contribution in [0.4, 0.5) is 0 Å². The lowest BCUT2D eigenvalue weighted by Gasteiger charge is -2.25. The van der Waals surface area contributed by atoms with Crippen LogP contribution in [0.3, 0.4) is 0 Å². The number of carboxylic acids is 1. The molecule has 1 atom stereocenters. The van der Waals surface area contributed by atoms with Gasteiger partial charge in [0.1, 0.15) is 6.04 Å². The van der Waals surface area contributed by atoms with Gasteiger partial charge in [-0.3, -0.25) is 4.79 Å². The SMILES string of the molecule is CCC(NC(=O)CCC1CCC1)C(=O)O. The van der Waals surface area contributed by atoms with Crippen molar-refractivity contribution in [3.63, 3.8) is 0 Å². The van der Waals surface area contributed by atoms with Crippen LogP contribution in [0.5, 0.6) is 0 Å². The van der Waals surface area contributed by atoms with Gasteiger partial charge < -0.3 is 10.4 Å². The fraction of sp³-hybridized carbons (Fsp3) is 0.818. The van der Waals surface area contributed by atoms with Gasteiger partial charge in [0.15, 0.2) is 0 Å². The highest BCUT2D eigenvalue weighted by Crippen LogP contribution is 2.30. The first-order valence-corrected chi connectivity index (χ1v) is 5.65. The van der Waals surface area contributed by atoms with Crippen LogP contribution >= 0.6 is 0 Å². The quantitative estimate of drug-likeness (QED) is 0.703. The van der Waals surface area contributed by atoms with Crippen LogP contribution < -0.4 is 5.32 Å². The van der Waals surface area contributed by atoms with Gasteiger partial charge in [0.25, 0.3) is 0 Å². The van der Waals surface area contributed by atoms with Crippen molar-refractivity contribution in [2.75, 3.05) is 0 Å². The number of hydrogen-bond acceptors (Lipinski definition) is 2. The van der Waals surface area contributed by atoms with Crippen molar-refractivity contribution in [3.05, 3.63) is 0 Å². The molecule has 0 aromatic rings. The van der Waals surface area contributed by atoms with Gasteiger partial charge in [0, 0.05) is 6.42 Å². The third-order valence-corrected chi connectivity index (χ3v) is 3.05. The molecule has 0 radical (unpaired) electrons. The maximum Gasteiger partial charge on any atom is 0.326 e. The second-order valence-corrected chi connectivity index (χ2v) is 4.20. The first-order chi connectivity index (χ1) is 7.13. The Hall–Kier alpha value is -1.06. The number of carbonyl (C=O) groups excluding carboxylic acids is 1. The highest BCUT2D eigenvalue weighted by atomic mass is 16.4. The highest BCUT2D eigenvalue weighted by molar-refractivity contribution is 5.83. The topological polar surface area (TPSA) is 66.4 Å². The average molecular weight is 213 g/mol. The molecule has 0 heterocycles. The Kier molecular flexibility index (Phi) is 4.59. The number of carbonyl (C=O) groups is 2. The van der Waals surface area contributed by atoms with Crippen molar-refractivity contribution in [1.29, 1.82) is 0 Å². The number of amides is 1. The first-order valence-electron chi connectivity index (χ1n) is 5.65. The molecule has 0 aromatic carbocycles. The molecular weight excluding hydrogens is 194 g/mol. The molecule has 1 aliphatic rings. The van der Waals surface area contributed by atoms with Crippen LogP contribution in [0.15, 0.2) is 0 Å². The first kappa shape index (κ1) is 12.0. The van der Waals surface area contributed by atoms with Crippen LogP contribution in [-0.2, 0) is 9.59 Å². The Morgan fingerprint density at radius 3 is 2.53 bits per heavy atom. The normalized spacial score (nSPS) is 17.9. The predicted octanol–water partition coefficient (Wildman–Crippen LogP) is 1.55. The molecule has 0 bridgehead atoms. The molecule has 2 N–H and O–H groups in total. The summed E-state index contributed by atoms with van der Waals surface area (Å²) in [6.07, 6.45) is 5.53. The summed E-state index contributed by atoms with van der Waals surface area (Å²) in [5.74, 6) is -0.383. The molecule has 4 nitrogen and oxygen atoms in total. The lowest BCUT2D eigenvalue weighted by molar-refractivity contribution is -0.141. The van der Waals surface area contributed by atoms with E-state index in [0.29, 0.717) is 18.8 Å². The molecule has 4 heteroatoms. The van der Waals surface area contributed by atoms with Crippen LogP contribution in [-0.4, -0.2) is 23.0 Å². The van der Waals surface area contributed by atoms with E-state index >= 15 is 0 Å². The maximum absolute atomic E-state index is 11.4. The summed E-state index contributed by atoms with van der Waals surface area (Å²) >= 11 is 0. The molecule has 15 heavy (non-hydrogen) atoms. The molecule has 1 unspecified atom stereocenters. The van der Waals surface area contributed by atoms with Crippen molar-refractivity contribution < 1.29 is 14.7 Å². The molecule has 0 aliphatic heterocycles. The van der Waals surface area contributed by atoms with Crippen LogP contribution in [0, 0.1) is 5.92 Å². The summed E-state index contributed by atoms with van der Waals surface area (Å²) in [4.78, 5) is 22.0. The largest absolute Gasteiger partial charge is 0.480 e. The van der Waals surface area contributed by atoms with Gasteiger partial charge >= 0.3 is 5.97 Å². The fourth-order valence-corrected chi connectivity index (χ4v) is 1.72. The monoisotopic (exact) mass is 213 g/mol. The number of nitrogens with one attached hydrogen (secondary N) is 1. The van der Waals surface area contributed by atoms with E-state index in [9.17, 15) is 9.59 Å². The van der Waals surface area contributed by atoms with E-state index in [2.05, 4.69) is 5.32 Å². The number of rotatable bonds is 6. The third kappa shape index (κ3) is 3.90. The van der Waals surface area contributed by atoms with E-state index in [0.717, 1.165) is 6.42 Å². The van der Waals surface area contributed by atoms with E-state index in [4.69, 9.17) is 5.11 Å². The Labute approximate surface area is 90.0 Å². The molecular formula is C11H19NO3.